The van der Waals surface area contributed by atoms with Crippen LogP contribution in [0.25, 0.3) is 10.9 Å². The molecule has 0 unspecified atom stereocenters. The molecule has 26 heavy (non-hydrogen) atoms. The largest absolute Gasteiger partial charge is 0.464 e. The van der Waals surface area contributed by atoms with E-state index in [-0.39, 0.29) is 18.4 Å². The molecule has 0 aliphatic carbocycles. The van der Waals surface area contributed by atoms with Crippen molar-refractivity contribution in [1.29, 1.82) is 0 Å². The Kier molecular flexibility index (Phi) is 4.14. The van der Waals surface area contributed by atoms with Gasteiger partial charge in [-0.1, -0.05) is 18.2 Å². The van der Waals surface area contributed by atoms with Crippen molar-refractivity contribution in [1.82, 2.24) is 15.2 Å². The number of nitrogens with zero attached hydrogens (tertiary/aromatic N) is 1. The third-order valence-corrected chi connectivity index (χ3v) is 5.21. The van der Waals surface area contributed by atoms with Crippen LogP contribution < -0.4 is 5.32 Å². The fraction of sp³-hybridized carbons (Fsp3) is 0.421. The summed E-state index contributed by atoms with van der Waals surface area (Å²) in [6, 6.07) is 5.92. The van der Waals surface area contributed by atoms with Crippen molar-refractivity contribution < 1.29 is 19.1 Å². The number of carbonyl (C=O) groups is 3. The van der Waals surface area contributed by atoms with Crippen molar-refractivity contribution in [3.8, 4) is 0 Å². The summed E-state index contributed by atoms with van der Waals surface area (Å²) in [7, 11) is 0. The molecule has 2 saturated heterocycles. The first-order chi connectivity index (χ1) is 12.6. The first-order valence-electron chi connectivity index (χ1n) is 8.94. The normalized spacial score (nSPS) is 25.3. The van der Waals surface area contributed by atoms with Crippen LogP contribution in [0.15, 0.2) is 30.5 Å². The highest BCUT2D eigenvalue weighted by atomic mass is 16.5. The minimum atomic E-state index is -0.673. The van der Waals surface area contributed by atoms with Crippen LogP contribution in [0.3, 0.4) is 0 Å². The molecule has 2 amide bonds. The van der Waals surface area contributed by atoms with Crippen LogP contribution in [0.1, 0.15) is 25.3 Å². The average molecular weight is 355 g/mol. The van der Waals surface area contributed by atoms with Crippen LogP contribution in [0.5, 0.6) is 0 Å². The molecule has 1 aromatic carbocycles. The Hall–Kier alpha value is -2.83. The molecular weight excluding hydrogens is 334 g/mol. The Morgan fingerprint density at radius 3 is 2.88 bits per heavy atom. The van der Waals surface area contributed by atoms with Gasteiger partial charge in [-0.3, -0.25) is 9.59 Å². The van der Waals surface area contributed by atoms with Crippen LogP contribution in [-0.2, 0) is 25.5 Å². The molecule has 3 atom stereocenters. The van der Waals surface area contributed by atoms with Gasteiger partial charge in [-0.2, -0.15) is 0 Å². The Morgan fingerprint density at radius 1 is 1.27 bits per heavy atom. The zero-order chi connectivity index (χ0) is 18.3. The number of hydrogen-bond acceptors (Lipinski definition) is 4. The second-order valence-corrected chi connectivity index (χ2v) is 6.73. The molecule has 2 N–H and O–H groups in total. The molecule has 0 spiro atoms. The average Bonchev–Trinajstić information content (AvgIpc) is 3.25. The van der Waals surface area contributed by atoms with E-state index >= 15 is 0 Å². The standard InChI is InChI=1S/C19H21N3O4/c1-2-26-19(25)16-8-7-15-17(23)21-14(18(24)22(15)16)9-11-10-20-13-6-4-3-5-12(11)13/h3-6,10,14-16,20H,2,7-9H2,1H3,(H,21,23)/t14-,15+,16+/m1/s1. The second-order valence-electron chi connectivity index (χ2n) is 6.73. The van der Waals surface area contributed by atoms with Gasteiger partial charge in [0.15, 0.2) is 0 Å². The Morgan fingerprint density at radius 2 is 2.08 bits per heavy atom. The van der Waals surface area contributed by atoms with Crippen molar-refractivity contribution in [3.63, 3.8) is 0 Å². The topological polar surface area (TPSA) is 91.5 Å². The zero-order valence-electron chi connectivity index (χ0n) is 14.5. The number of carbonyl (C=O) groups excluding carboxylic acids is 3. The van der Waals surface area contributed by atoms with Crippen molar-refractivity contribution in [2.24, 2.45) is 0 Å². The molecule has 3 heterocycles. The van der Waals surface area contributed by atoms with Gasteiger partial charge in [-0.05, 0) is 31.4 Å². The molecule has 0 saturated carbocycles. The summed E-state index contributed by atoms with van der Waals surface area (Å²) in [6.07, 6.45) is 3.19. The van der Waals surface area contributed by atoms with Crippen LogP contribution in [0.4, 0.5) is 0 Å². The summed E-state index contributed by atoms with van der Waals surface area (Å²) >= 11 is 0. The number of aromatic amines is 1. The van der Waals surface area contributed by atoms with Gasteiger partial charge >= 0.3 is 5.97 Å². The zero-order valence-corrected chi connectivity index (χ0v) is 14.5. The van der Waals surface area contributed by atoms with E-state index in [0.717, 1.165) is 16.5 Å². The first kappa shape index (κ1) is 16.6. The highest BCUT2D eigenvalue weighted by Crippen LogP contribution is 2.30. The number of aromatic nitrogens is 1. The maximum atomic E-state index is 13.0. The quantitative estimate of drug-likeness (QED) is 0.805. The van der Waals surface area contributed by atoms with Crippen molar-refractivity contribution in [2.45, 2.75) is 44.3 Å². The maximum absolute atomic E-state index is 13.0. The van der Waals surface area contributed by atoms with E-state index in [1.54, 1.807) is 6.92 Å². The molecular formula is C19H21N3O4. The van der Waals surface area contributed by atoms with Gasteiger partial charge in [0, 0.05) is 23.5 Å². The lowest BCUT2D eigenvalue weighted by Gasteiger charge is -2.37. The second kappa shape index (κ2) is 6.48. The minimum Gasteiger partial charge on any atom is -0.464 e. The Labute approximate surface area is 150 Å². The fourth-order valence-corrected chi connectivity index (χ4v) is 4.01. The van der Waals surface area contributed by atoms with Gasteiger partial charge in [-0.15, -0.1) is 0 Å². The number of amides is 2. The summed E-state index contributed by atoms with van der Waals surface area (Å²) in [4.78, 5) is 42.3. The lowest BCUT2D eigenvalue weighted by Crippen LogP contribution is -2.64. The molecule has 2 aromatic rings. The number of nitrogens with one attached hydrogen (secondary N) is 2. The molecule has 7 heteroatoms. The highest BCUT2D eigenvalue weighted by Gasteiger charge is 2.50. The van der Waals surface area contributed by atoms with Gasteiger partial charge in [-0.25, -0.2) is 4.79 Å². The number of fused-ring (bicyclic) bond motifs is 2. The van der Waals surface area contributed by atoms with E-state index < -0.39 is 24.1 Å². The van der Waals surface area contributed by atoms with Gasteiger partial charge in [0.25, 0.3) is 0 Å². The maximum Gasteiger partial charge on any atom is 0.328 e. The van der Waals surface area contributed by atoms with E-state index in [9.17, 15) is 14.4 Å². The molecule has 136 valence electrons. The van der Waals surface area contributed by atoms with E-state index in [1.165, 1.54) is 4.90 Å². The number of hydrogen-bond donors (Lipinski definition) is 2. The molecule has 2 aliphatic rings. The predicted molar refractivity (Wildman–Crippen MR) is 94.2 cm³/mol. The van der Waals surface area contributed by atoms with Gasteiger partial charge in [0.05, 0.1) is 6.61 Å². The molecule has 7 nitrogen and oxygen atoms in total. The number of rotatable bonds is 4. The third kappa shape index (κ3) is 2.64. The molecule has 0 bridgehead atoms. The van der Waals surface area contributed by atoms with E-state index in [2.05, 4.69) is 10.3 Å². The minimum absolute atomic E-state index is 0.193. The van der Waals surface area contributed by atoms with Crippen molar-refractivity contribution in [3.05, 3.63) is 36.0 Å². The molecule has 2 fully saturated rings. The van der Waals surface area contributed by atoms with Gasteiger partial charge < -0.3 is 19.9 Å². The van der Waals surface area contributed by atoms with Crippen LogP contribution >= 0.6 is 0 Å². The fourth-order valence-electron chi connectivity index (χ4n) is 4.01. The molecule has 0 radical (unpaired) electrons. The van der Waals surface area contributed by atoms with E-state index in [1.807, 2.05) is 30.5 Å². The summed E-state index contributed by atoms with van der Waals surface area (Å²) in [6.45, 7) is 1.99. The smallest absolute Gasteiger partial charge is 0.328 e. The van der Waals surface area contributed by atoms with Gasteiger partial charge in [0.2, 0.25) is 11.8 Å². The number of esters is 1. The Balaban J connectivity index is 1.59. The number of benzene rings is 1. The Bertz CT molecular complexity index is 875. The first-order valence-corrected chi connectivity index (χ1v) is 8.94. The SMILES string of the molecule is CCOC(=O)[C@@H]1CC[C@H]2C(=O)N[C@H](Cc3c[nH]c4ccccc34)C(=O)N21. The summed E-state index contributed by atoms with van der Waals surface area (Å²) in [5, 5.41) is 3.86. The third-order valence-electron chi connectivity index (χ3n) is 5.21. The number of ether oxygens (including phenoxy) is 1. The van der Waals surface area contributed by atoms with Crippen LogP contribution in [-0.4, -0.2) is 52.4 Å². The van der Waals surface area contributed by atoms with Crippen molar-refractivity contribution in [2.75, 3.05) is 6.61 Å². The summed E-state index contributed by atoms with van der Waals surface area (Å²) < 4.78 is 5.09. The summed E-state index contributed by atoms with van der Waals surface area (Å²) in [5.41, 5.74) is 1.95. The lowest BCUT2D eigenvalue weighted by molar-refractivity contribution is -0.159. The number of H-pyrrole nitrogens is 1. The van der Waals surface area contributed by atoms with Gasteiger partial charge in [0.1, 0.15) is 18.1 Å². The molecule has 1 aromatic heterocycles. The predicted octanol–water partition coefficient (Wildman–Crippen LogP) is 1.13. The number of piperazine rings is 1. The summed E-state index contributed by atoms with van der Waals surface area (Å²) in [5.74, 6) is -0.833. The van der Waals surface area contributed by atoms with Crippen molar-refractivity contribution >= 4 is 28.7 Å². The molecule has 4 rings (SSSR count). The monoisotopic (exact) mass is 355 g/mol. The molecule has 2 aliphatic heterocycles. The van der Waals surface area contributed by atoms with E-state index in [0.29, 0.717) is 19.3 Å². The highest BCUT2D eigenvalue weighted by molar-refractivity contribution is 6.00. The van der Waals surface area contributed by atoms with Crippen LogP contribution in [0.2, 0.25) is 0 Å². The lowest BCUT2D eigenvalue weighted by atomic mass is 10.0. The number of para-hydroxylation sites is 1. The van der Waals surface area contributed by atoms with Crippen LogP contribution in [0, 0.1) is 0 Å². The van der Waals surface area contributed by atoms with E-state index in [4.69, 9.17) is 4.74 Å².